The molecule has 4 heteroatoms. The predicted molar refractivity (Wildman–Crippen MR) is 80.7 cm³/mol. The molecule has 2 N–H and O–H groups in total. The highest BCUT2D eigenvalue weighted by Gasteiger charge is 2.12. The van der Waals surface area contributed by atoms with E-state index in [0.717, 1.165) is 16.7 Å². The van der Waals surface area contributed by atoms with Gasteiger partial charge in [-0.15, -0.1) is 0 Å². The molecule has 1 heterocycles. The van der Waals surface area contributed by atoms with Gasteiger partial charge in [-0.25, -0.2) is 4.79 Å². The van der Waals surface area contributed by atoms with E-state index in [9.17, 15) is 15.0 Å². The molecule has 1 aromatic heterocycles. The molecule has 0 spiro atoms. The van der Waals surface area contributed by atoms with Gasteiger partial charge in [0.25, 0.3) is 0 Å². The van der Waals surface area contributed by atoms with Crippen LogP contribution in [0.1, 0.15) is 11.1 Å². The number of hydrogen-bond acceptors (Lipinski definition) is 4. The van der Waals surface area contributed by atoms with Crippen LogP contribution in [0.25, 0.3) is 22.1 Å². The Hall–Kier alpha value is -2.75. The summed E-state index contributed by atoms with van der Waals surface area (Å²) >= 11 is 0. The van der Waals surface area contributed by atoms with Crippen LogP contribution < -0.4 is 5.63 Å². The van der Waals surface area contributed by atoms with E-state index in [1.54, 1.807) is 6.07 Å². The second-order valence-electron chi connectivity index (χ2n) is 5.07. The van der Waals surface area contributed by atoms with E-state index in [4.69, 9.17) is 4.42 Å². The third-order valence-electron chi connectivity index (χ3n) is 3.73. The highest BCUT2D eigenvalue weighted by Crippen LogP contribution is 2.32. The third-order valence-corrected chi connectivity index (χ3v) is 3.73. The summed E-state index contributed by atoms with van der Waals surface area (Å²) < 4.78 is 5.36. The summed E-state index contributed by atoms with van der Waals surface area (Å²) in [5, 5.41) is 19.8. The molecule has 4 nitrogen and oxygen atoms in total. The smallest absolute Gasteiger partial charge is 0.344 e. The fourth-order valence-corrected chi connectivity index (χ4v) is 2.37. The number of aryl methyl sites for hydroxylation is 1. The van der Waals surface area contributed by atoms with Crippen molar-refractivity contribution >= 4 is 10.8 Å². The number of benzene rings is 2. The van der Waals surface area contributed by atoms with Crippen molar-refractivity contribution in [3.05, 3.63) is 57.9 Å². The van der Waals surface area contributed by atoms with Gasteiger partial charge >= 0.3 is 5.63 Å². The molecule has 2 aromatic carbocycles. The Morgan fingerprint density at radius 2 is 1.71 bits per heavy atom. The number of rotatable bonds is 1. The van der Waals surface area contributed by atoms with E-state index >= 15 is 0 Å². The molecule has 3 aromatic rings. The van der Waals surface area contributed by atoms with Crippen LogP contribution in [0.3, 0.4) is 0 Å². The van der Waals surface area contributed by atoms with Crippen LogP contribution in [0.4, 0.5) is 0 Å². The van der Waals surface area contributed by atoms with Crippen LogP contribution in [-0.4, -0.2) is 10.2 Å². The largest absolute Gasteiger partial charge is 0.504 e. The van der Waals surface area contributed by atoms with Gasteiger partial charge in [0.2, 0.25) is 0 Å². The summed E-state index contributed by atoms with van der Waals surface area (Å²) in [7, 11) is 0. The highest BCUT2D eigenvalue weighted by atomic mass is 16.4. The zero-order valence-electron chi connectivity index (χ0n) is 11.7. The molecule has 0 saturated carbocycles. The molecule has 0 bridgehead atoms. The molecule has 0 aliphatic carbocycles. The standard InChI is InChI=1S/C17H14O4/c1-9-4-3-5-12(10(9)2)16-7-11-6-14(18)15(19)8-13(11)17(20)21-16/h3-8,18-19H,1-2H3. The summed E-state index contributed by atoms with van der Waals surface area (Å²) in [5.41, 5.74) is 2.42. The fourth-order valence-electron chi connectivity index (χ4n) is 2.37. The Bertz CT molecular complexity index is 907. The lowest BCUT2D eigenvalue weighted by atomic mass is 10.0. The maximum Gasteiger partial charge on any atom is 0.344 e. The lowest BCUT2D eigenvalue weighted by molar-refractivity contribution is 0.404. The van der Waals surface area contributed by atoms with Crippen molar-refractivity contribution in [2.24, 2.45) is 0 Å². The average Bonchev–Trinajstić information content (AvgIpc) is 2.44. The lowest BCUT2D eigenvalue weighted by Gasteiger charge is -2.08. The SMILES string of the molecule is Cc1cccc(-c2cc3cc(O)c(O)cc3c(=O)o2)c1C. The van der Waals surface area contributed by atoms with E-state index in [0.29, 0.717) is 11.1 Å². The maximum atomic E-state index is 12.1. The van der Waals surface area contributed by atoms with Crippen molar-refractivity contribution in [3.8, 4) is 22.8 Å². The zero-order valence-corrected chi connectivity index (χ0v) is 11.7. The molecular weight excluding hydrogens is 268 g/mol. The maximum absolute atomic E-state index is 12.1. The minimum atomic E-state index is -0.543. The molecule has 0 unspecified atom stereocenters. The van der Waals surface area contributed by atoms with E-state index in [1.807, 2.05) is 32.0 Å². The minimum Gasteiger partial charge on any atom is -0.504 e. The Kier molecular flexibility index (Phi) is 2.94. The van der Waals surface area contributed by atoms with Gasteiger partial charge in [0, 0.05) is 5.56 Å². The molecule has 0 fully saturated rings. The van der Waals surface area contributed by atoms with Gasteiger partial charge in [-0.05, 0) is 48.6 Å². The first-order chi connectivity index (χ1) is 9.97. The van der Waals surface area contributed by atoms with Crippen LogP contribution in [0.2, 0.25) is 0 Å². The number of fused-ring (bicyclic) bond motifs is 1. The molecule has 0 saturated heterocycles. The van der Waals surface area contributed by atoms with Gasteiger partial charge in [0.05, 0.1) is 5.39 Å². The quantitative estimate of drug-likeness (QED) is 0.670. The number of hydrogen-bond donors (Lipinski definition) is 2. The van der Waals surface area contributed by atoms with Gasteiger partial charge in [-0.2, -0.15) is 0 Å². The van der Waals surface area contributed by atoms with E-state index in [2.05, 4.69) is 0 Å². The van der Waals surface area contributed by atoms with Crippen LogP contribution in [0.5, 0.6) is 11.5 Å². The van der Waals surface area contributed by atoms with E-state index in [1.165, 1.54) is 12.1 Å². The predicted octanol–water partition coefficient (Wildman–Crippen LogP) is 3.49. The number of aromatic hydroxyl groups is 2. The molecule has 0 amide bonds. The first-order valence-electron chi connectivity index (χ1n) is 6.54. The summed E-state index contributed by atoms with van der Waals surface area (Å²) in [6.07, 6.45) is 0. The van der Waals surface area contributed by atoms with Gasteiger partial charge in [-0.3, -0.25) is 0 Å². The molecule has 0 atom stereocenters. The van der Waals surface area contributed by atoms with E-state index < -0.39 is 5.63 Å². The lowest BCUT2D eigenvalue weighted by Crippen LogP contribution is -2.01. The van der Waals surface area contributed by atoms with Crippen molar-refractivity contribution in [1.82, 2.24) is 0 Å². The molecule has 106 valence electrons. The van der Waals surface area contributed by atoms with E-state index in [-0.39, 0.29) is 16.9 Å². The van der Waals surface area contributed by atoms with Crippen LogP contribution in [0, 0.1) is 13.8 Å². The molecule has 0 radical (unpaired) electrons. The van der Waals surface area contributed by atoms with Gasteiger partial charge in [0.1, 0.15) is 5.76 Å². The topological polar surface area (TPSA) is 70.7 Å². The molecular formula is C17H14O4. The Balaban J connectivity index is 2.33. The van der Waals surface area contributed by atoms with Gasteiger partial charge in [0.15, 0.2) is 11.5 Å². The highest BCUT2D eigenvalue weighted by molar-refractivity contribution is 5.87. The molecule has 3 rings (SSSR count). The van der Waals surface area contributed by atoms with Gasteiger partial charge < -0.3 is 14.6 Å². The summed E-state index contributed by atoms with van der Waals surface area (Å²) in [5.74, 6) is -0.159. The second-order valence-corrected chi connectivity index (χ2v) is 5.07. The summed E-state index contributed by atoms with van der Waals surface area (Å²) in [6.45, 7) is 3.95. The van der Waals surface area contributed by atoms with Gasteiger partial charge in [-0.1, -0.05) is 18.2 Å². The van der Waals surface area contributed by atoms with Crippen molar-refractivity contribution in [2.45, 2.75) is 13.8 Å². The molecule has 0 aliphatic rings. The Labute approximate surface area is 120 Å². The zero-order chi connectivity index (χ0) is 15.1. The first kappa shape index (κ1) is 13.2. The van der Waals surface area contributed by atoms with Crippen molar-refractivity contribution in [3.63, 3.8) is 0 Å². The normalized spacial score (nSPS) is 11.0. The summed E-state index contributed by atoms with van der Waals surface area (Å²) in [4.78, 5) is 12.1. The number of phenols is 2. The van der Waals surface area contributed by atoms with Crippen molar-refractivity contribution in [1.29, 1.82) is 0 Å². The first-order valence-corrected chi connectivity index (χ1v) is 6.54. The molecule has 21 heavy (non-hydrogen) atoms. The number of phenolic OH excluding ortho intramolecular Hbond substituents is 2. The van der Waals surface area contributed by atoms with Crippen molar-refractivity contribution < 1.29 is 14.6 Å². The Morgan fingerprint density at radius 3 is 2.48 bits per heavy atom. The monoisotopic (exact) mass is 282 g/mol. The summed E-state index contributed by atoms with van der Waals surface area (Å²) in [6, 6.07) is 10.0. The molecule has 0 aliphatic heterocycles. The second kappa shape index (κ2) is 4.66. The van der Waals surface area contributed by atoms with Crippen molar-refractivity contribution in [2.75, 3.05) is 0 Å². The van der Waals surface area contributed by atoms with Crippen LogP contribution in [-0.2, 0) is 0 Å². The Morgan fingerprint density at radius 1 is 1.00 bits per heavy atom. The minimum absolute atomic E-state index is 0.236. The fraction of sp³-hybridized carbons (Fsp3) is 0.118. The van der Waals surface area contributed by atoms with Crippen LogP contribution >= 0.6 is 0 Å². The average molecular weight is 282 g/mol. The van der Waals surface area contributed by atoms with Crippen LogP contribution in [0.15, 0.2) is 45.6 Å². The third kappa shape index (κ3) is 2.14.